The van der Waals surface area contributed by atoms with Gasteiger partial charge in [-0.25, -0.2) is 4.39 Å². The zero-order valence-electron chi connectivity index (χ0n) is 14.4. The van der Waals surface area contributed by atoms with Crippen LogP contribution in [-0.4, -0.2) is 23.7 Å². The van der Waals surface area contributed by atoms with Crippen LogP contribution in [0.5, 0.6) is 0 Å². The maximum atomic E-state index is 14.3. The van der Waals surface area contributed by atoms with E-state index in [1.807, 2.05) is 43.3 Å². The molecule has 0 radical (unpaired) electrons. The summed E-state index contributed by atoms with van der Waals surface area (Å²) in [5, 5.41) is 0. The quantitative estimate of drug-likeness (QED) is 0.486. The summed E-state index contributed by atoms with van der Waals surface area (Å²) in [7, 11) is 0. The average molecular weight is 370 g/mol. The van der Waals surface area contributed by atoms with Crippen LogP contribution in [-0.2, 0) is 16.1 Å². The number of amides is 1. The van der Waals surface area contributed by atoms with Crippen molar-refractivity contribution in [2.45, 2.75) is 13.5 Å². The van der Waals surface area contributed by atoms with Crippen molar-refractivity contribution in [2.24, 2.45) is 4.99 Å². The number of ether oxygens (including phenoxy) is 1. The lowest BCUT2D eigenvalue weighted by Crippen LogP contribution is -2.19. The van der Waals surface area contributed by atoms with Crippen LogP contribution in [0.4, 0.5) is 4.39 Å². The number of para-hydroxylation sites is 1. The number of aromatic nitrogens is 1. The van der Waals surface area contributed by atoms with Gasteiger partial charge in [0.25, 0.3) is 5.91 Å². The van der Waals surface area contributed by atoms with Crippen LogP contribution in [0, 0.1) is 5.82 Å². The summed E-state index contributed by atoms with van der Waals surface area (Å²) in [6, 6.07) is 14.4. The first kappa shape index (κ1) is 18.2. The number of halogens is 1. The molecule has 1 amide bonds. The van der Waals surface area contributed by atoms with Crippen molar-refractivity contribution >= 4 is 33.5 Å². The fraction of sp³-hybridized carbons (Fsp3) is 0.200. The summed E-state index contributed by atoms with van der Waals surface area (Å²) in [4.78, 5) is 16.9. The minimum Gasteiger partial charge on any atom is -0.380 e. The molecule has 0 aliphatic carbocycles. The highest BCUT2D eigenvalue weighted by Gasteiger charge is 2.11. The van der Waals surface area contributed by atoms with Crippen LogP contribution in [0.1, 0.15) is 12.5 Å². The molecule has 6 heteroatoms. The highest BCUT2D eigenvalue weighted by molar-refractivity contribution is 7.16. The van der Waals surface area contributed by atoms with Gasteiger partial charge in [0.15, 0.2) is 4.80 Å². The van der Waals surface area contributed by atoms with Gasteiger partial charge in [-0.3, -0.25) is 4.79 Å². The van der Waals surface area contributed by atoms with Gasteiger partial charge in [0.1, 0.15) is 5.82 Å². The van der Waals surface area contributed by atoms with E-state index >= 15 is 0 Å². The first-order chi connectivity index (χ1) is 12.7. The van der Waals surface area contributed by atoms with Gasteiger partial charge >= 0.3 is 0 Å². The Morgan fingerprint density at radius 3 is 2.81 bits per heavy atom. The standard InChI is InChI=1S/C20H19FN2O2S/c1-2-25-14-13-23-19-16(21)9-6-10-17(19)26-20(23)22-18(24)12-11-15-7-4-3-5-8-15/h3-12H,2,13-14H2,1H3. The molecule has 4 nitrogen and oxygen atoms in total. The minimum atomic E-state index is -0.383. The molecule has 2 aromatic carbocycles. The second-order valence-corrected chi connectivity index (χ2v) is 6.52. The van der Waals surface area contributed by atoms with Gasteiger partial charge in [0.2, 0.25) is 0 Å². The first-order valence-corrected chi connectivity index (χ1v) is 9.18. The van der Waals surface area contributed by atoms with E-state index in [4.69, 9.17) is 4.74 Å². The van der Waals surface area contributed by atoms with Crippen molar-refractivity contribution < 1.29 is 13.9 Å². The molecule has 1 aromatic heterocycles. The fourth-order valence-corrected chi connectivity index (χ4v) is 3.62. The van der Waals surface area contributed by atoms with Crippen molar-refractivity contribution in [2.75, 3.05) is 13.2 Å². The van der Waals surface area contributed by atoms with Crippen molar-refractivity contribution in [1.82, 2.24) is 4.57 Å². The van der Waals surface area contributed by atoms with E-state index in [2.05, 4.69) is 4.99 Å². The molecule has 0 N–H and O–H groups in total. The highest BCUT2D eigenvalue weighted by Crippen LogP contribution is 2.20. The Labute approximate surface area is 154 Å². The Bertz CT molecular complexity index is 990. The minimum absolute atomic E-state index is 0.330. The predicted octanol–water partition coefficient (Wildman–Crippen LogP) is 4.02. The molecule has 0 fully saturated rings. The predicted molar refractivity (Wildman–Crippen MR) is 102 cm³/mol. The van der Waals surface area contributed by atoms with Gasteiger partial charge in [-0.05, 0) is 30.7 Å². The molecule has 0 unspecified atom stereocenters. The highest BCUT2D eigenvalue weighted by atomic mass is 32.1. The van der Waals surface area contributed by atoms with Crippen molar-refractivity contribution in [3.63, 3.8) is 0 Å². The maximum Gasteiger partial charge on any atom is 0.272 e. The van der Waals surface area contributed by atoms with Crippen LogP contribution < -0.4 is 4.80 Å². The second-order valence-electron chi connectivity index (χ2n) is 5.51. The SMILES string of the molecule is CCOCCn1c(=NC(=O)C=Cc2ccccc2)sc2cccc(F)c21. The van der Waals surface area contributed by atoms with Crippen molar-refractivity contribution in [3.8, 4) is 0 Å². The number of rotatable bonds is 6. The third-order valence-electron chi connectivity index (χ3n) is 3.74. The number of fused-ring (bicyclic) bond motifs is 1. The Morgan fingerprint density at radius 2 is 2.04 bits per heavy atom. The van der Waals surface area contributed by atoms with E-state index in [0.717, 1.165) is 10.3 Å². The summed E-state index contributed by atoms with van der Waals surface area (Å²) in [5.41, 5.74) is 1.37. The van der Waals surface area contributed by atoms with Gasteiger partial charge in [0, 0.05) is 19.2 Å². The van der Waals surface area contributed by atoms with Crippen molar-refractivity contribution in [3.05, 3.63) is 70.8 Å². The van der Waals surface area contributed by atoms with E-state index in [1.165, 1.54) is 23.5 Å². The molecule has 134 valence electrons. The molecule has 0 bridgehead atoms. The van der Waals surface area contributed by atoms with Gasteiger partial charge in [-0.1, -0.05) is 47.7 Å². The molecule has 0 aliphatic rings. The zero-order chi connectivity index (χ0) is 18.4. The Kier molecular flexibility index (Phi) is 6.09. The molecule has 3 aromatic rings. The summed E-state index contributed by atoms with van der Waals surface area (Å²) in [6.45, 7) is 3.34. The Hall–Kier alpha value is -2.57. The largest absolute Gasteiger partial charge is 0.380 e. The van der Waals surface area contributed by atoms with Crippen molar-refractivity contribution in [1.29, 1.82) is 0 Å². The van der Waals surface area contributed by atoms with Gasteiger partial charge in [-0.2, -0.15) is 4.99 Å². The van der Waals surface area contributed by atoms with E-state index in [-0.39, 0.29) is 11.7 Å². The molecule has 0 aliphatic heterocycles. The summed E-state index contributed by atoms with van der Waals surface area (Å²) in [6.07, 6.45) is 3.13. The monoisotopic (exact) mass is 370 g/mol. The third-order valence-corrected chi connectivity index (χ3v) is 4.78. The molecule has 3 rings (SSSR count). The average Bonchev–Trinajstić information content (AvgIpc) is 3.00. The topological polar surface area (TPSA) is 43.6 Å². The first-order valence-electron chi connectivity index (χ1n) is 8.36. The molecule has 0 spiro atoms. The third kappa shape index (κ3) is 4.33. The summed E-state index contributed by atoms with van der Waals surface area (Å²) in [5.74, 6) is -0.713. The van der Waals surface area contributed by atoms with Gasteiger partial charge in [0.05, 0.1) is 16.8 Å². The lowest BCUT2D eigenvalue weighted by atomic mass is 10.2. The summed E-state index contributed by atoms with van der Waals surface area (Å²) >= 11 is 1.29. The van der Waals surface area contributed by atoms with Crippen LogP contribution in [0.25, 0.3) is 16.3 Å². The number of carbonyl (C=O) groups is 1. The molecule has 1 heterocycles. The number of nitrogens with zero attached hydrogens (tertiary/aromatic N) is 2. The molecule has 26 heavy (non-hydrogen) atoms. The molecule has 0 atom stereocenters. The lowest BCUT2D eigenvalue weighted by molar-refractivity contribution is -0.113. The van der Waals surface area contributed by atoms with E-state index in [1.54, 1.807) is 16.7 Å². The number of carbonyl (C=O) groups excluding carboxylic acids is 1. The van der Waals surface area contributed by atoms with E-state index < -0.39 is 0 Å². The fourth-order valence-electron chi connectivity index (χ4n) is 2.54. The smallest absolute Gasteiger partial charge is 0.272 e. The van der Waals surface area contributed by atoms with Crippen LogP contribution in [0.2, 0.25) is 0 Å². The number of hydrogen-bond donors (Lipinski definition) is 0. The van der Waals surface area contributed by atoms with Gasteiger partial charge < -0.3 is 9.30 Å². The second kappa shape index (κ2) is 8.69. The normalized spacial score (nSPS) is 12.3. The molecular formula is C20H19FN2O2S. The molecule has 0 saturated heterocycles. The zero-order valence-corrected chi connectivity index (χ0v) is 15.2. The van der Waals surface area contributed by atoms with Gasteiger partial charge in [-0.15, -0.1) is 0 Å². The number of benzene rings is 2. The molecular weight excluding hydrogens is 351 g/mol. The van der Waals surface area contributed by atoms with E-state index in [9.17, 15) is 9.18 Å². The van der Waals surface area contributed by atoms with Crippen LogP contribution >= 0.6 is 11.3 Å². The van der Waals surface area contributed by atoms with E-state index in [0.29, 0.717) is 30.1 Å². The Balaban J connectivity index is 1.96. The maximum absolute atomic E-state index is 14.3. The summed E-state index contributed by atoms with van der Waals surface area (Å²) < 4.78 is 22.1. The number of hydrogen-bond acceptors (Lipinski definition) is 3. The lowest BCUT2D eigenvalue weighted by Gasteiger charge is -2.05. The van der Waals surface area contributed by atoms with Crippen LogP contribution in [0.15, 0.2) is 59.6 Å². The van der Waals surface area contributed by atoms with Crippen LogP contribution in [0.3, 0.4) is 0 Å². The number of thiazole rings is 1. The Morgan fingerprint density at radius 1 is 1.23 bits per heavy atom. The molecule has 0 saturated carbocycles.